The number of pyridine rings is 1. The van der Waals surface area contributed by atoms with E-state index in [0.717, 1.165) is 5.56 Å². The summed E-state index contributed by atoms with van der Waals surface area (Å²) in [4.78, 5) is 4.24. The molecule has 0 aliphatic rings. The Morgan fingerprint density at radius 2 is 1.56 bits per heavy atom. The minimum absolute atomic E-state index is 0.325. The van der Waals surface area contributed by atoms with Crippen molar-refractivity contribution in [3.8, 4) is 11.3 Å². The minimum atomic E-state index is 0.325. The molecule has 2 aromatic rings. The number of nitrogens with zero attached hydrogens (tertiary/aromatic N) is 1. The van der Waals surface area contributed by atoms with Gasteiger partial charge in [0.2, 0.25) is 0 Å². The van der Waals surface area contributed by atoms with Crippen LogP contribution in [0.2, 0.25) is 20.1 Å². The lowest BCUT2D eigenvalue weighted by atomic mass is 10.1. The number of aromatic nitrogens is 1. The number of halogens is 4. The Labute approximate surface area is 125 Å². The van der Waals surface area contributed by atoms with Crippen molar-refractivity contribution in [1.82, 2.24) is 4.98 Å². The second-order valence-corrected chi connectivity index (χ2v) is 5.35. The van der Waals surface area contributed by atoms with E-state index in [0.29, 0.717) is 37.0 Å². The molecule has 18 heavy (non-hydrogen) atoms. The molecule has 0 spiro atoms. The molecule has 0 atom stereocenters. The van der Waals surface area contributed by atoms with E-state index in [1.807, 2.05) is 6.92 Å². The average Bonchev–Trinajstić information content (AvgIpc) is 2.29. The lowest BCUT2D eigenvalue weighted by Gasteiger charge is -2.12. The van der Waals surface area contributed by atoms with Gasteiger partial charge in [-0.05, 0) is 24.6 Å². The molecule has 1 heterocycles. The summed E-state index contributed by atoms with van der Waals surface area (Å²) in [6.45, 7) is 1.86. The highest BCUT2D eigenvalue weighted by Gasteiger charge is 2.18. The first kappa shape index (κ1) is 13.8. The quantitative estimate of drug-likeness (QED) is 0.728. The summed E-state index contributed by atoms with van der Waals surface area (Å²) in [7, 11) is 0. The van der Waals surface area contributed by atoms with E-state index in [-0.39, 0.29) is 0 Å². The van der Waals surface area contributed by atoms with E-state index in [2.05, 4.69) is 4.98 Å². The molecule has 0 saturated carbocycles. The average molecular weight is 322 g/mol. The molecule has 1 aromatic carbocycles. The van der Waals surface area contributed by atoms with Gasteiger partial charge in [-0.25, -0.2) is 0 Å². The van der Waals surface area contributed by atoms with E-state index in [1.165, 1.54) is 12.3 Å². The van der Waals surface area contributed by atoms with Crippen LogP contribution in [0, 0.1) is 6.92 Å². The van der Waals surface area contributed by atoms with Gasteiger partial charge in [0, 0.05) is 5.56 Å². The van der Waals surface area contributed by atoms with Gasteiger partial charge in [-0.1, -0.05) is 46.4 Å². The molecule has 0 radical (unpaired) electrons. The van der Waals surface area contributed by atoms with Crippen LogP contribution in [0.5, 0.6) is 0 Å². The van der Waals surface area contributed by atoms with Crippen LogP contribution >= 0.6 is 46.4 Å². The van der Waals surface area contributed by atoms with Crippen LogP contribution in [-0.4, -0.2) is 4.98 Å². The van der Waals surface area contributed by atoms with Crippen molar-refractivity contribution in [2.75, 3.05) is 5.73 Å². The Morgan fingerprint density at radius 3 is 2.06 bits per heavy atom. The summed E-state index contributed by atoms with van der Waals surface area (Å²) in [5.74, 6) is 0. The van der Waals surface area contributed by atoms with Gasteiger partial charge < -0.3 is 5.73 Å². The molecule has 0 fully saturated rings. The van der Waals surface area contributed by atoms with Gasteiger partial charge in [0.25, 0.3) is 0 Å². The second kappa shape index (κ2) is 5.14. The highest BCUT2D eigenvalue weighted by molar-refractivity contribution is 6.50. The van der Waals surface area contributed by atoms with Crippen LogP contribution in [-0.2, 0) is 0 Å². The Kier molecular flexibility index (Phi) is 3.93. The monoisotopic (exact) mass is 320 g/mol. The number of aryl methyl sites for hydroxylation is 1. The molecular weight excluding hydrogens is 314 g/mol. The second-order valence-electron chi connectivity index (χ2n) is 3.78. The van der Waals surface area contributed by atoms with Crippen molar-refractivity contribution >= 4 is 52.1 Å². The van der Waals surface area contributed by atoms with Gasteiger partial charge in [-0.15, -0.1) is 0 Å². The van der Waals surface area contributed by atoms with Crippen LogP contribution in [0.25, 0.3) is 11.3 Å². The molecule has 1 aromatic heterocycles. The highest BCUT2D eigenvalue weighted by Crippen LogP contribution is 2.43. The fourth-order valence-corrected chi connectivity index (χ4v) is 2.63. The van der Waals surface area contributed by atoms with Crippen molar-refractivity contribution in [2.45, 2.75) is 6.92 Å². The number of hydrogen-bond acceptors (Lipinski definition) is 2. The number of nitrogens with two attached hydrogens (primary N) is 1. The molecule has 2 nitrogen and oxygen atoms in total. The largest absolute Gasteiger partial charge is 0.397 e. The van der Waals surface area contributed by atoms with Crippen LogP contribution in [0.4, 0.5) is 5.69 Å². The third kappa shape index (κ3) is 2.39. The molecule has 0 aliphatic heterocycles. The minimum Gasteiger partial charge on any atom is -0.397 e. The summed E-state index contributed by atoms with van der Waals surface area (Å²) >= 11 is 24.3. The summed E-state index contributed by atoms with van der Waals surface area (Å²) in [6, 6.07) is 3.29. The summed E-state index contributed by atoms with van der Waals surface area (Å²) in [5.41, 5.74) is 8.21. The first-order chi connectivity index (χ1) is 8.41. The van der Waals surface area contributed by atoms with Gasteiger partial charge >= 0.3 is 0 Å². The SMILES string of the molecule is Cc1cc(N)cnc1-c1c(Cl)c(Cl)cc(Cl)c1Cl. The molecule has 0 bridgehead atoms. The van der Waals surface area contributed by atoms with Gasteiger partial charge in [-0.2, -0.15) is 0 Å². The van der Waals surface area contributed by atoms with Crippen LogP contribution in [0.1, 0.15) is 5.56 Å². The molecule has 2 rings (SSSR count). The van der Waals surface area contributed by atoms with E-state index in [9.17, 15) is 0 Å². The molecule has 0 amide bonds. The first-order valence-corrected chi connectivity index (χ1v) is 6.48. The van der Waals surface area contributed by atoms with E-state index >= 15 is 0 Å². The molecule has 0 saturated heterocycles. The number of benzene rings is 1. The van der Waals surface area contributed by atoms with E-state index in [4.69, 9.17) is 52.1 Å². The number of anilines is 1. The normalized spacial score (nSPS) is 10.7. The molecule has 2 N–H and O–H groups in total. The van der Waals surface area contributed by atoms with Crippen LogP contribution < -0.4 is 5.73 Å². The Morgan fingerprint density at radius 1 is 1.00 bits per heavy atom. The van der Waals surface area contributed by atoms with Crippen molar-refractivity contribution < 1.29 is 0 Å². The third-order valence-electron chi connectivity index (χ3n) is 2.45. The fourth-order valence-electron chi connectivity index (χ4n) is 1.64. The molecule has 0 unspecified atom stereocenters. The predicted octanol–water partition coefficient (Wildman–Crippen LogP) is 5.25. The Hall–Kier alpha value is -0.670. The zero-order chi connectivity index (χ0) is 13.4. The standard InChI is InChI=1S/C12H8Cl4N2/c1-5-2-6(17)4-18-12(5)9-10(15)7(13)3-8(14)11(9)16/h2-4H,17H2,1H3. The number of hydrogen-bond donors (Lipinski definition) is 1. The maximum atomic E-state index is 6.17. The smallest absolute Gasteiger partial charge is 0.0763 e. The van der Waals surface area contributed by atoms with Crippen molar-refractivity contribution in [3.05, 3.63) is 44.0 Å². The van der Waals surface area contributed by atoms with Crippen LogP contribution in [0.3, 0.4) is 0 Å². The molecule has 6 heteroatoms. The van der Waals surface area contributed by atoms with Gasteiger partial charge in [-0.3, -0.25) is 4.98 Å². The molecule has 0 aliphatic carbocycles. The van der Waals surface area contributed by atoms with Crippen molar-refractivity contribution in [3.63, 3.8) is 0 Å². The van der Waals surface area contributed by atoms with Gasteiger partial charge in [0.05, 0.1) is 37.7 Å². The Bertz CT molecular complexity index is 600. The summed E-state index contributed by atoms with van der Waals surface area (Å²) in [6.07, 6.45) is 1.53. The third-order valence-corrected chi connectivity index (χ3v) is 4.02. The van der Waals surface area contributed by atoms with E-state index in [1.54, 1.807) is 6.07 Å². The molecule has 94 valence electrons. The fraction of sp³-hybridized carbons (Fsp3) is 0.0833. The zero-order valence-electron chi connectivity index (χ0n) is 9.27. The topological polar surface area (TPSA) is 38.9 Å². The maximum Gasteiger partial charge on any atom is 0.0763 e. The van der Waals surface area contributed by atoms with Crippen molar-refractivity contribution in [2.24, 2.45) is 0 Å². The maximum absolute atomic E-state index is 6.17. The number of rotatable bonds is 1. The van der Waals surface area contributed by atoms with Gasteiger partial charge in [0.15, 0.2) is 0 Å². The summed E-state index contributed by atoms with van der Waals surface area (Å²) < 4.78 is 0. The van der Waals surface area contributed by atoms with Gasteiger partial charge in [0.1, 0.15) is 0 Å². The zero-order valence-corrected chi connectivity index (χ0v) is 12.3. The number of nitrogen functional groups attached to an aromatic ring is 1. The van der Waals surface area contributed by atoms with Crippen molar-refractivity contribution in [1.29, 1.82) is 0 Å². The summed E-state index contributed by atoms with van der Waals surface area (Å²) in [5, 5.41) is 1.32. The first-order valence-electron chi connectivity index (χ1n) is 4.97. The van der Waals surface area contributed by atoms with Crippen LogP contribution in [0.15, 0.2) is 18.3 Å². The highest BCUT2D eigenvalue weighted by atomic mass is 35.5. The molecular formula is C12H8Cl4N2. The Balaban J connectivity index is 2.78. The lowest BCUT2D eigenvalue weighted by molar-refractivity contribution is 1.27. The predicted molar refractivity (Wildman–Crippen MR) is 78.9 cm³/mol. The lowest BCUT2D eigenvalue weighted by Crippen LogP contribution is -1.94. The van der Waals surface area contributed by atoms with E-state index < -0.39 is 0 Å².